The molecule has 1 aromatic heterocycles. The van der Waals surface area contributed by atoms with Crippen LogP contribution in [0.15, 0.2) is 29.4 Å². The van der Waals surface area contributed by atoms with Crippen molar-refractivity contribution in [2.75, 3.05) is 23.4 Å². The molecule has 0 aliphatic carbocycles. The minimum atomic E-state index is -0.428. The Morgan fingerprint density at radius 2 is 1.83 bits per heavy atom. The fourth-order valence-corrected chi connectivity index (χ4v) is 2.47. The summed E-state index contributed by atoms with van der Waals surface area (Å²) in [5, 5.41) is 2.69. The smallest absolute Gasteiger partial charge is 0.237 e. The number of hydrogen-bond acceptors (Lipinski definition) is 8. The number of nitrogens with two attached hydrogens (primary N) is 2. The van der Waals surface area contributed by atoms with E-state index >= 15 is 0 Å². The van der Waals surface area contributed by atoms with Gasteiger partial charge in [-0.1, -0.05) is 11.8 Å². The second-order valence-corrected chi connectivity index (χ2v) is 5.85. The summed E-state index contributed by atoms with van der Waals surface area (Å²) in [6.45, 7) is 4.25. The van der Waals surface area contributed by atoms with Crippen LogP contribution in [-0.4, -0.2) is 32.7 Å². The lowest BCUT2D eigenvalue weighted by atomic mass is 10.3. The molecule has 0 saturated heterocycles. The van der Waals surface area contributed by atoms with Gasteiger partial charge >= 0.3 is 0 Å². The van der Waals surface area contributed by atoms with E-state index in [-0.39, 0.29) is 17.8 Å². The van der Waals surface area contributed by atoms with Gasteiger partial charge in [-0.2, -0.15) is 15.0 Å². The van der Waals surface area contributed by atoms with Crippen molar-refractivity contribution in [3.05, 3.63) is 24.3 Å². The Morgan fingerprint density at radius 3 is 2.39 bits per heavy atom. The number of anilines is 3. The van der Waals surface area contributed by atoms with Crippen molar-refractivity contribution in [2.24, 2.45) is 0 Å². The SMILES string of the molecule is CCOc1ccc(NC(=O)[C@H](C)Sc2nc(N)nc(N)n2)cc1. The predicted molar refractivity (Wildman–Crippen MR) is 90.2 cm³/mol. The first-order valence-corrected chi connectivity index (χ1v) is 7.83. The molecule has 1 aromatic carbocycles. The monoisotopic (exact) mass is 334 g/mol. The molecule has 1 amide bonds. The molecule has 9 heteroatoms. The minimum Gasteiger partial charge on any atom is -0.494 e. The van der Waals surface area contributed by atoms with Crippen molar-refractivity contribution in [1.82, 2.24) is 15.0 Å². The van der Waals surface area contributed by atoms with E-state index in [2.05, 4.69) is 20.3 Å². The van der Waals surface area contributed by atoms with Gasteiger partial charge in [0.25, 0.3) is 0 Å². The van der Waals surface area contributed by atoms with Gasteiger partial charge in [0.2, 0.25) is 17.8 Å². The van der Waals surface area contributed by atoms with Crippen molar-refractivity contribution in [2.45, 2.75) is 24.3 Å². The van der Waals surface area contributed by atoms with Gasteiger partial charge in [0.1, 0.15) is 5.75 Å². The summed E-state index contributed by atoms with van der Waals surface area (Å²) in [7, 11) is 0. The zero-order chi connectivity index (χ0) is 16.8. The van der Waals surface area contributed by atoms with Crippen molar-refractivity contribution >= 4 is 35.3 Å². The summed E-state index contributed by atoms with van der Waals surface area (Å²) in [4.78, 5) is 23.8. The molecule has 0 aliphatic heterocycles. The molecule has 0 spiro atoms. The summed E-state index contributed by atoms with van der Waals surface area (Å²) in [6, 6.07) is 7.15. The molecule has 2 aromatic rings. The summed E-state index contributed by atoms with van der Waals surface area (Å²) in [5.41, 5.74) is 11.7. The van der Waals surface area contributed by atoms with Crippen molar-refractivity contribution in [1.29, 1.82) is 0 Å². The first-order chi connectivity index (χ1) is 11.0. The van der Waals surface area contributed by atoms with E-state index in [9.17, 15) is 4.79 Å². The van der Waals surface area contributed by atoms with Crippen LogP contribution >= 0.6 is 11.8 Å². The second-order valence-electron chi connectivity index (χ2n) is 4.54. The van der Waals surface area contributed by atoms with Gasteiger partial charge in [0, 0.05) is 5.69 Å². The number of nitrogen functional groups attached to an aromatic ring is 2. The van der Waals surface area contributed by atoms with Crippen LogP contribution in [0.25, 0.3) is 0 Å². The molecule has 1 heterocycles. The number of benzene rings is 1. The van der Waals surface area contributed by atoms with Crippen LogP contribution in [-0.2, 0) is 4.79 Å². The molecular weight excluding hydrogens is 316 g/mol. The standard InChI is InChI=1S/C14H18N6O2S/c1-3-22-10-6-4-9(5-7-10)17-11(21)8(2)23-14-19-12(15)18-13(16)20-14/h4-8H,3H2,1-2H3,(H,17,21)(H4,15,16,18,19,20)/t8-/m0/s1. The molecule has 5 N–H and O–H groups in total. The topological polar surface area (TPSA) is 129 Å². The number of amides is 1. The molecule has 0 bridgehead atoms. The summed E-state index contributed by atoms with van der Waals surface area (Å²) >= 11 is 1.15. The Labute approximate surface area is 138 Å². The van der Waals surface area contributed by atoms with Gasteiger partial charge in [0.05, 0.1) is 11.9 Å². The Hall–Kier alpha value is -2.55. The lowest BCUT2D eigenvalue weighted by molar-refractivity contribution is -0.115. The van der Waals surface area contributed by atoms with Gasteiger partial charge in [-0.15, -0.1) is 0 Å². The maximum atomic E-state index is 12.2. The van der Waals surface area contributed by atoms with Gasteiger partial charge in [-0.25, -0.2) is 0 Å². The number of aromatic nitrogens is 3. The van der Waals surface area contributed by atoms with Crippen molar-refractivity contribution < 1.29 is 9.53 Å². The van der Waals surface area contributed by atoms with Crippen molar-refractivity contribution in [3.8, 4) is 5.75 Å². The Morgan fingerprint density at radius 1 is 1.22 bits per heavy atom. The third kappa shape index (κ3) is 4.99. The van der Waals surface area contributed by atoms with Crippen LogP contribution in [0.1, 0.15) is 13.8 Å². The van der Waals surface area contributed by atoms with E-state index in [1.165, 1.54) is 0 Å². The van der Waals surface area contributed by atoms with Gasteiger partial charge in [-0.3, -0.25) is 4.79 Å². The number of nitrogens with zero attached hydrogens (tertiary/aromatic N) is 3. The molecule has 23 heavy (non-hydrogen) atoms. The average Bonchev–Trinajstić information content (AvgIpc) is 2.48. The van der Waals surface area contributed by atoms with E-state index in [0.717, 1.165) is 17.5 Å². The lowest BCUT2D eigenvalue weighted by Gasteiger charge is -2.12. The van der Waals surface area contributed by atoms with Crippen LogP contribution in [0.3, 0.4) is 0 Å². The zero-order valence-corrected chi connectivity index (χ0v) is 13.6. The largest absolute Gasteiger partial charge is 0.494 e. The van der Waals surface area contributed by atoms with Crippen LogP contribution in [0.2, 0.25) is 0 Å². The number of carbonyl (C=O) groups is 1. The molecule has 2 rings (SSSR count). The normalized spacial score (nSPS) is 11.7. The molecule has 1 atom stereocenters. The molecule has 0 aliphatic rings. The number of rotatable bonds is 6. The van der Waals surface area contributed by atoms with E-state index in [1.54, 1.807) is 31.2 Å². The molecule has 0 saturated carbocycles. The molecular formula is C14H18N6O2S. The highest BCUT2D eigenvalue weighted by molar-refractivity contribution is 8.00. The maximum Gasteiger partial charge on any atom is 0.237 e. The Kier molecular flexibility index (Phi) is 5.58. The van der Waals surface area contributed by atoms with E-state index in [4.69, 9.17) is 16.2 Å². The van der Waals surface area contributed by atoms with E-state index in [0.29, 0.717) is 17.5 Å². The fourth-order valence-electron chi connectivity index (χ4n) is 1.70. The van der Waals surface area contributed by atoms with Gasteiger partial charge in [-0.05, 0) is 38.1 Å². The summed E-state index contributed by atoms with van der Waals surface area (Å²) < 4.78 is 5.35. The van der Waals surface area contributed by atoms with E-state index in [1.807, 2.05) is 6.92 Å². The second kappa shape index (κ2) is 7.63. The Balaban J connectivity index is 1.96. The van der Waals surface area contributed by atoms with Crippen LogP contribution in [0.4, 0.5) is 17.6 Å². The average molecular weight is 334 g/mol. The highest BCUT2D eigenvalue weighted by Crippen LogP contribution is 2.22. The number of hydrogen-bond donors (Lipinski definition) is 3. The zero-order valence-electron chi connectivity index (χ0n) is 12.8. The minimum absolute atomic E-state index is 0.0270. The van der Waals surface area contributed by atoms with Gasteiger partial charge < -0.3 is 21.5 Å². The number of ether oxygens (including phenoxy) is 1. The molecule has 122 valence electrons. The fraction of sp³-hybridized carbons (Fsp3) is 0.286. The highest BCUT2D eigenvalue weighted by atomic mass is 32.2. The number of nitrogens with one attached hydrogen (secondary N) is 1. The van der Waals surface area contributed by atoms with E-state index < -0.39 is 5.25 Å². The maximum absolute atomic E-state index is 12.2. The third-order valence-corrected chi connectivity index (χ3v) is 3.69. The summed E-state index contributed by atoms with van der Waals surface area (Å²) in [6.07, 6.45) is 0. The molecule has 0 radical (unpaired) electrons. The van der Waals surface area contributed by atoms with Gasteiger partial charge in [0.15, 0.2) is 5.16 Å². The first-order valence-electron chi connectivity index (χ1n) is 6.95. The van der Waals surface area contributed by atoms with Crippen LogP contribution in [0, 0.1) is 0 Å². The number of carbonyl (C=O) groups excluding carboxylic acids is 1. The molecule has 0 fully saturated rings. The number of thioether (sulfide) groups is 1. The lowest BCUT2D eigenvalue weighted by Crippen LogP contribution is -2.22. The molecule has 8 nitrogen and oxygen atoms in total. The quantitative estimate of drug-likeness (QED) is 0.679. The summed E-state index contributed by atoms with van der Waals surface area (Å²) in [5.74, 6) is 0.624. The third-order valence-electron chi connectivity index (χ3n) is 2.73. The predicted octanol–water partition coefficient (Wildman–Crippen LogP) is 1.55. The van der Waals surface area contributed by atoms with Crippen LogP contribution in [0.5, 0.6) is 5.75 Å². The van der Waals surface area contributed by atoms with Crippen molar-refractivity contribution in [3.63, 3.8) is 0 Å². The first kappa shape index (κ1) is 16.8. The van der Waals surface area contributed by atoms with Crippen LogP contribution < -0.4 is 21.5 Å². The molecule has 0 unspecified atom stereocenters. The highest BCUT2D eigenvalue weighted by Gasteiger charge is 2.17. The Bertz CT molecular complexity index is 659.